The number of rotatable bonds is 8. The van der Waals surface area contributed by atoms with Gasteiger partial charge in [0, 0.05) is 75.5 Å². The number of hydrogen-bond acceptors (Lipinski definition) is 6. The molecular weight excluding hydrogens is 460 g/mol. The lowest BCUT2D eigenvalue weighted by molar-refractivity contribution is -0.149. The molecule has 192 valence electrons. The summed E-state index contributed by atoms with van der Waals surface area (Å²) in [7, 11) is 0. The standard InChI is InChI=1S/C27H34N4O5/c32-24-3-1-4-25(33)30(24)14-9-19-18-28-23-8-7-21(17-22(19)23)36-20-10-12-29(13-11-20)15-16-31-26(34)5-2-6-27(31)35/h7-8,17-18,20,28H,1-6,9-16H2. The van der Waals surface area contributed by atoms with Crippen molar-refractivity contribution < 1.29 is 23.9 Å². The summed E-state index contributed by atoms with van der Waals surface area (Å²) in [5, 5.41) is 1.05. The van der Waals surface area contributed by atoms with Crippen LogP contribution in [0, 0.1) is 0 Å². The van der Waals surface area contributed by atoms with Gasteiger partial charge < -0.3 is 14.6 Å². The maximum absolute atomic E-state index is 12.1. The lowest BCUT2D eigenvalue weighted by Crippen LogP contribution is -2.46. The van der Waals surface area contributed by atoms with Crippen molar-refractivity contribution in [3.05, 3.63) is 30.0 Å². The molecule has 36 heavy (non-hydrogen) atoms. The van der Waals surface area contributed by atoms with Gasteiger partial charge in [-0.3, -0.25) is 29.0 Å². The van der Waals surface area contributed by atoms with E-state index in [0.29, 0.717) is 64.6 Å². The van der Waals surface area contributed by atoms with Gasteiger partial charge in [-0.25, -0.2) is 0 Å². The number of nitrogens with one attached hydrogen (secondary N) is 1. The van der Waals surface area contributed by atoms with Gasteiger partial charge in [0.05, 0.1) is 0 Å². The zero-order valence-corrected chi connectivity index (χ0v) is 20.7. The van der Waals surface area contributed by atoms with Crippen molar-refractivity contribution in [1.29, 1.82) is 0 Å². The minimum Gasteiger partial charge on any atom is -0.490 e. The second kappa shape index (κ2) is 10.8. The number of H-pyrrole nitrogens is 1. The van der Waals surface area contributed by atoms with Gasteiger partial charge in [-0.1, -0.05) is 0 Å². The van der Waals surface area contributed by atoms with E-state index in [0.717, 1.165) is 48.1 Å². The highest BCUT2D eigenvalue weighted by molar-refractivity contribution is 5.98. The summed E-state index contributed by atoms with van der Waals surface area (Å²) in [6, 6.07) is 6.02. The molecule has 0 saturated carbocycles. The maximum atomic E-state index is 12.1. The Kier molecular flexibility index (Phi) is 7.36. The molecule has 0 atom stereocenters. The molecule has 1 aromatic carbocycles. The van der Waals surface area contributed by atoms with Crippen LogP contribution in [0.25, 0.3) is 10.9 Å². The molecule has 3 aliphatic rings. The van der Waals surface area contributed by atoms with Gasteiger partial charge in [-0.2, -0.15) is 0 Å². The van der Waals surface area contributed by atoms with Gasteiger partial charge in [-0.15, -0.1) is 0 Å². The van der Waals surface area contributed by atoms with E-state index in [2.05, 4.69) is 9.88 Å². The monoisotopic (exact) mass is 494 g/mol. The third kappa shape index (κ3) is 5.46. The molecule has 2 aromatic rings. The number of likely N-dealkylation sites (tertiary alicyclic amines) is 3. The third-order valence-corrected chi connectivity index (χ3v) is 7.59. The largest absolute Gasteiger partial charge is 0.490 e. The van der Waals surface area contributed by atoms with Crippen LogP contribution < -0.4 is 4.74 Å². The van der Waals surface area contributed by atoms with Gasteiger partial charge in [0.15, 0.2) is 0 Å². The Morgan fingerprint density at radius 3 is 2.06 bits per heavy atom. The second-order valence-electron chi connectivity index (χ2n) is 10.0. The summed E-state index contributed by atoms with van der Waals surface area (Å²) in [6.07, 6.45) is 7.62. The number of amides is 4. The van der Waals surface area contributed by atoms with Crippen molar-refractivity contribution in [3.8, 4) is 5.75 Å². The first-order valence-electron chi connectivity index (χ1n) is 13.1. The molecular formula is C27H34N4O5. The van der Waals surface area contributed by atoms with Crippen LogP contribution in [0.4, 0.5) is 0 Å². The lowest BCUT2D eigenvalue weighted by Gasteiger charge is -2.34. The van der Waals surface area contributed by atoms with Crippen molar-refractivity contribution in [2.75, 3.05) is 32.7 Å². The number of nitrogens with zero attached hydrogens (tertiary/aromatic N) is 3. The zero-order valence-electron chi connectivity index (χ0n) is 20.7. The van der Waals surface area contributed by atoms with Crippen LogP contribution in [0.2, 0.25) is 0 Å². The summed E-state index contributed by atoms with van der Waals surface area (Å²) < 4.78 is 6.32. The molecule has 3 fully saturated rings. The van der Waals surface area contributed by atoms with Crippen LogP contribution in [0.1, 0.15) is 56.9 Å². The van der Waals surface area contributed by atoms with Crippen LogP contribution >= 0.6 is 0 Å². The summed E-state index contributed by atoms with van der Waals surface area (Å²) in [5.41, 5.74) is 2.07. The lowest BCUT2D eigenvalue weighted by atomic mass is 10.1. The molecule has 0 unspecified atom stereocenters. The van der Waals surface area contributed by atoms with Gasteiger partial charge in [0.1, 0.15) is 11.9 Å². The van der Waals surface area contributed by atoms with Crippen molar-refractivity contribution >= 4 is 34.5 Å². The van der Waals surface area contributed by atoms with E-state index in [1.807, 2.05) is 24.4 Å². The fraction of sp³-hybridized carbons (Fsp3) is 0.556. The van der Waals surface area contributed by atoms with Gasteiger partial charge >= 0.3 is 0 Å². The summed E-state index contributed by atoms with van der Waals surface area (Å²) in [5.74, 6) is 0.582. The molecule has 3 aliphatic heterocycles. The third-order valence-electron chi connectivity index (χ3n) is 7.59. The average molecular weight is 495 g/mol. The number of aromatic nitrogens is 1. The minimum absolute atomic E-state index is 0.0434. The van der Waals surface area contributed by atoms with E-state index in [-0.39, 0.29) is 29.7 Å². The highest BCUT2D eigenvalue weighted by Gasteiger charge is 2.28. The highest BCUT2D eigenvalue weighted by atomic mass is 16.5. The van der Waals surface area contributed by atoms with E-state index in [4.69, 9.17) is 4.74 Å². The van der Waals surface area contributed by atoms with Gasteiger partial charge in [0.2, 0.25) is 23.6 Å². The first kappa shape index (κ1) is 24.5. The number of carbonyl (C=O) groups is 4. The minimum atomic E-state index is -0.0735. The molecule has 0 bridgehead atoms. The van der Waals surface area contributed by atoms with E-state index in [1.165, 1.54) is 9.80 Å². The Balaban J connectivity index is 1.13. The van der Waals surface area contributed by atoms with E-state index >= 15 is 0 Å². The summed E-state index contributed by atoms with van der Waals surface area (Å²) >= 11 is 0. The molecule has 1 N–H and O–H groups in total. The van der Waals surface area contributed by atoms with Crippen molar-refractivity contribution in [2.24, 2.45) is 0 Å². The Morgan fingerprint density at radius 1 is 0.806 bits per heavy atom. The normalized spacial score (nSPS) is 20.6. The molecule has 4 heterocycles. The molecule has 1 aromatic heterocycles. The molecule has 9 nitrogen and oxygen atoms in total. The smallest absolute Gasteiger partial charge is 0.229 e. The van der Waals surface area contributed by atoms with Crippen LogP contribution in [0.3, 0.4) is 0 Å². The first-order valence-corrected chi connectivity index (χ1v) is 13.1. The fourth-order valence-corrected chi connectivity index (χ4v) is 5.45. The number of hydrogen-bond donors (Lipinski definition) is 1. The van der Waals surface area contributed by atoms with Crippen molar-refractivity contribution in [3.63, 3.8) is 0 Å². The van der Waals surface area contributed by atoms with E-state index < -0.39 is 0 Å². The molecule has 0 spiro atoms. The number of carbonyl (C=O) groups excluding carboxylic acids is 4. The first-order chi connectivity index (χ1) is 17.5. The van der Waals surface area contributed by atoms with Crippen LogP contribution in [-0.4, -0.2) is 82.1 Å². The second-order valence-corrected chi connectivity index (χ2v) is 10.0. The number of imide groups is 2. The topological polar surface area (TPSA) is 103 Å². The Morgan fingerprint density at radius 2 is 1.42 bits per heavy atom. The SMILES string of the molecule is O=C1CCCC(=O)N1CCc1c[nH]c2ccc(OC3CCN(CCN4C(=O)CCCC4=O)CC3)cc12. The molecule has 4 amide bonds. The predicted octanol–water partition coefficient (Wildman–Crippen LogP) is 2.63. The highest BCUT2D eigenvalue weighted by Crippen LogP contribution is 2.27. The number of benzene rings is 1. The fourth-order valence-electron chi connectivity index (χ4n) is 5.45. The number of fused-ring (bicyclic) bond motifs is 1. The Bertz CT molecular complexity index is 1120. The number of ether oxygens (including phenoxy) is 1. The molecule has 0 aliphatic carbocycles. The molecule has 9 heteroatoms. The number of piperidine rings is 3. The van der Waals surface area contributed by atoms with Crippen molar-refractivity contribution in [1.82, 2.24) is 19.7 Å². The van der Waals surface area contributed by atoms with Crippen LogP contribution in [-0.2, 0) is 25.6 Å². The van der Waals surface area contributed by atoms with Gasteiger partial charge in [-0.05, 0) is 55.9 Å². The quantitative estimate of drug-likeness (QED) is 0.566. The van der Waals surface area contributed by atoms with Gasteiger partial charge in [0.25, 0.3) is 0 Å². The predicted molar refractivity (Wildman–Crippen MR) is 133 cm³/mol. The zero-order chi connectivity index (χ0) is 25.1. The molecule has 3 saturated heterocycles. The van der Waals surface area contributed by atoms with Crippen LogP contribution in [0.5, 0.6) is 5.75 Å². The Labute approximate surface area is 210 Å². The summed E-state index contributed by atoms with van der Waals surface area (Å²) in [6.45, 7) is 3.34. The van der Waals surface area contributed by atoms with E-state index in [1.54, 1.807) is 0 Å². The van der Waals surface area contributed by atoms with Crippen molar-refractivity contribution in [2.45, 2.75) is 63.9 Å². The average Bonchev–Trinajstić information content (AvgIpc) is 3.27. The Hall–Kier alpha value is -3.20. The van der Waals surface area contributed by atoms with E-state index in [9.17, 15) is 19.2 Å². The van der Waals surface area contributed by atoms with Crippen LogP contribution in [0.15, 0.2) is 24.4 Å². The molecule has 0 radical (unpaired) electrons. The maximum Gasteiger partial charge on any atom is 0.229 e. The summed E-state index contributed by atoms with van der Waals surface area (Å²) in [4.78, 5) is 56.7. The number of aromatic amines is 1. The molecule has 5 rings (SSSR count).